The minimum absolute atomic E-state index is 0.374. The van der Waals surface area contributed by atoms with Gasteiger partial charge in [-0.2, -0.15) is 0 Å². The van der Waals surface area contributed by atoms with Gasteiger partial charge in [-0.05, 0) is 25.3 Å². The number of rotatable bonds is 9. The Morgan fingerprint density at radius 2 is 1.64 bits per heavy atom. The minimum atomic E-state index is -0.577. The second-order valence-electron chi connectivity index (χ2n) is 5.11. The monoisotopic (exact) mass is 307 g/mol. The van der Waals surface area contributed by atoms with Gasteiger partial charge in [-0.3, -0.25) is 4.79 Å². The predicted molar refractivity (Wildman–Crippen MR) is 83.8 cm³/mol. The van der Waals surface area contributed by atoms with Crippen LogP contribution in [0.2, 0.25) is 0 Å². The fraction of sp³-hybridized carbons (Fsp3) is 0.529. The summed E-state index contributed by atoms with van der Waals surface area (Å²) in [6, 6.07) is 9.40. The highest BCUT2D eigenvalue weighted by molar-refractivity contribution is 5.91. The molecule has 0 aromatic heterocycles. The minimum Gasteiger partial charge on any atom is -0.457 e. The van der Waals surface area contributed by atoms with Gasteiger partial charge in [0.05, 0.1) is 0 Å². The number of hydrogen-bond acceptors (Lipinski definition) is 5. The smallest absolute Gasteiger partial charge is 0.336 e. The molecule has 122 valence electrons. The third-order valence-corrected chi connectivity index (χ3v) is 3.04. The largest absolute Gasteiger partial charge is 0.457 e. The molecule has 0 aliphatic heterocycles. The summed E-state index contributed by atoms with van der Waals surface area (Å²) in [5.74, 6) is -1.15. The van der Waals surface area contributed by atoms with E-state index in [9.17, 15) is 9.59 Å². The lowest BCUT2D eigenvalue weighted by molar-refractivity contribution is -0.193. The van der Waals surface area contributed by atoms with E-state index in [1.807, 2.05) is 44.2 Å². The van der Waals surface area contributed by atoms with Gasteiger partial charge in [0.2, 0.25) is 0 Å². The number of nitrogens with zero attached hydrogens (tertiary/aromatic N) is 1. The molecule has 1 atom stereocenters. The first-order chi connectivity index (χ1) is 10.6. The number of hydrogen-bond donors (Lipinski definition) is 0. The van der Waals surface area contributed by atoms with E-state index < -0.39 is 11.9 Å². The van der Waals surface area contributed by atoms with Gasteiger partial charge < -0.3 is 9.57 Å². The third-order valence-electron chi connectivity index (χ3n) is 3.04. The number of carbonyl (C=O) groups is 2. The van der Waals surface area contributed by atoms with Crippen molar-refractivity contribution >= 4 is 11.9 Å². The maximum atomic E-state index is 11.8. The molecule has 0 bridgehead atoms. The van der Waals surface area contributed by atoms with Crippen molar-refractivity contribution in [1.82, 2.24) is 5.06 Å². The van der Waals surface area contributed by atoms with Crippen molar-refractivity contribution < 1.29 is 19.2 Å². The standard InChI is InChI=1S/C17H25NO4/c1-4-11-18(12-5-2)22-17(20)13-16(19)21-14(3)15-9-7-6-8-10-15/h6-10,14H,4-5,11-13H2,1-3H3. The lowest BCUT2D eigenvalue weighted by Gasteiger charge is -2.20. The van der Waals surface area contributed by atoms with Crippen LogP contribution < -0.4 is 0 Å². The first-order valence-corrected chi connectivity index (χ1v) is 7.77. The Kier molecular flexibility index (Phi) is 8.22. The summed E-state index contributed by atoms with van der Waals surface area (Å²) >= 11 is 0. The van der Waals surface area contributed by atoms with Gasteiger partial charge in [0.25, 0.3) is 0 Å². The first kappa shape index (κ1) is 18.2. The average molecular weight is 307 g/mol. The van der Waals surface area contributed by atoms with Crippen LogP contribution in [-0.4, -0.2) is 30.1 Å². The molecule has 1 aromatic carbocycles. The summed E-state index contributed by atoms with van der Waals surface area (Å²) in [6.45, 7) is 7.11. The van der Waals surface area contributed by atoms with Crippen molar-refractivity contribution in [2.45, 2.75) is 46.1 Å². The van der Waals surface area contributed by atoms with Crippen molar-refractivity contribution in [2.24, 2.45) is 0 Å². The summed E-state index contributed by atoms with van der Waals surface area (Å²) in [4.78, 5) is 28.7. The van der Waals surface area contributed by atoms with E-state index in [0.717, 1.165) is 18.4 Å². The third kappa shape index (κ3) is 6.72. The van der Waals surface area contributed by atoms with Crippen LogP contribution in [0.4, 0.5) is 0 Å². The molecule has 0 aliphatic rings. The van der Waals surface area contributed by atoms with Crippen LogP contribution in [0.1, 0.15) is 51.7 Å². The predicted octanol–water partition coefficient (Wildman–Crippen LogP) is 3.26. The van der Waals surface area contributed by atoms with Gasteiger partial charge in [0.1, 0.15) is 12.5 Å². The fourth-order valence-corrected chi connectivity index (χ4v) is 2.03. The Bertz CT molecular complexity index is 455. The Hall–Kier alpha value is -1.88. The number of esters is 1. The van der Waals surface area contributed by atoms with E-state index in [1.54, 1.807) is 12.0 Å². The Balaban J connectivity index is 2.42. The second kappa shape index (κ2) is 9.95. The fourth-order valence-electron chi connectivity index (χ4n) is 2.03. The molecule has 0 saturated heterocycles. The van der Waals surface area contributed by atoms with E-state index in [-0.39, 0.29) is 12.5 Å². The lowest BCUT2D eigenvalue weighted by Crippen LogP contribution is -2.30. The van der Waals surface area contributed by atoms with Crippen molar-refractivity contribution in [2.75, 3.05) is 13.1 Å². The summed E-state index contributed by atoms with van der Waals surface area (Å²) in [7, 11) is 0. The molecule has 1 aromatic rings. The highest BCUT2D eigenvalue weighted by Gasteiger charge is 2.18. The normalized spacial score (nSPS) is 12.0. The topological polar surface area (TPSA) is 55.8 Å². The van der Waals surface area contributed by atoms with Crippen molar-refractivity contribution in [3.63, 3.8) is 0 Å². The zero-order valence-corrected chi connectivity index (χ0v) is 13.6. The highest BCUT2D eigenvalue weighted by atomic mass is 16.7. The molecule has 22 heavy (non-hydrogen) atoms. The van der Waals surface area contributed by atoms with Crippen LogP contribution in [0, 0.1) is 0 Å². The van der Waals surface area contributed by atoms with Crippen LogP contribution >= 0.6 is 0 Å². The van der Waals surface area contributed by atoms with Crippen molar-refractivity contribution in [3.05, 3.63) is 35.9 Å². The van der Waals surface area contributed by atoms with Gasteiger partial charge in [0.15, 0.2) is 0 Å². The number of hydroxylamine groups is 2. The Labute approximate surface area is 132 Å². The number of ether oxygens (including phenoxy) is 1. The molecule has 0 aliphatic carbocycles. The number of benzene rings is 1. The quantitative estimate of drug-likeness (QED) is 0.398. The molecule has 0 spiro atoms. The molecule has 5 heteroatoms. The van der Waals surface area contributed by atoms with Crippen molar-refractivity contribution in [1.29, 1.82) is 0 Å². The molecule has 5 nitrogen and oxygen atoms in total. The maximum absolute atomic E-state index is 11.8. The lowest BCUT2D eigenvalue weighted by atomic mass is 10.1. The van der Waals surface area contributed by atoms with Gasteiger partial charge >= 0.3 is 11.9 Å². The molecule has 1 rings (SSSR count). The SMILES string of the molecule is CCCN(CCC)OC(=O)CC(=O)OC(C)c1ccccc1. The van der Waals surface area contributed by atoms with Crippen LogP contribution in [0.15, 0.2) is 30.3 Å². The first-order valence-electron chi connectivity index (χ1n) is 7.77. The summed E-state index contributed by atoms with van der Waals surface area (Å²) in [5, 5.41) is 1.59. The maximum Gasteiger partial charge on any atom is 0.336 e. The summed E-state index contributed by atoms with van der Waals surface area (Å²) in [5.41, 5.74) is 0.891. The molecule has 0 heterocycles. The molecule has 0 saturated carbocycles. The van der Waals surface area contributed by atoms with Crippen LogP contribution in [0.25, 0.3) is 0 Å². The average Bonchev–Trinajstić information content (AvgIpc) is 2.48. The van der Waals surface area contributed by atoms with Gasteiger partial charge in [0, 0.05) is 13.1 Å². The van der Waals surface area contributed by atoms with Crippen LogP contribution in [0.5, 0.6) is 0 Å². The zero-order chi connectivity index (χ0) is 16.4. The molecule has 0 N–H and O–H groups in total. The molecule has 1 unspecified atom stereocenters. The molecular formula is C17H25NO4. The Morgan fingerprint density at radius 1 is 1.05 bits per heavy atom. The molecular weight excluding hydrogens is 282 g/mol. The van der Waals surface area contributed by atoms with E-state index in [0.29, 0.717) is 13.1 Å². The van der Waals surface area contributed by atoms with Gasteiger partial charge in [-0.15, -0.1) is 5.06 Å². The molecule has 0 radical (unpaired) electrons. The van der Waals surface area contributed by atoms with E-state index in [4.69, 9.17) is 9.57 Å². The second-order valence-corrected chi connectivity index (χ2v) is 5.11. The summed E-state index contributed by atoms with van der Waals surface area (Å²) < 4.78 is 5.25. The molecule has 0 fully saturated rings. The van der Waals surface area contributed by atoms with E-state index in [1.165, 1.54) is 0 Å². The van der Waals surface area contributed by atoms with Gasteiger partial charge in [-0.25, -0.2) is 4.79 Å². The van der Waals surface area contributed by atoms with E-state index in [2.05, 4.69) is 0 Å². The molecule has 0 amide bonds. The highest BCUT2D eigenvalue weighted by Crippen LogP contribution is 2.16. The zero-order valence-electron chi connectivity index (χ0n) is 13.6. The van der Waals surface area contributed by atoms with Gasteiger partial charge in [-0.1, -0.05) is 44.2 Å². The van der Waals surface area contributed by atoms with E-state index >= 15 is 0 Å². The van der Waals surface area contributed by atoms with Crippen molar-refractivity contribution in [3.8, 4) is 0 Å². The van der Waals surface area contributed by atoms with Crippen LogP contribution in [0.3, 0.4) is 0 Å². The number of carbonyl (C=O) groups excluding carboxylic acids is 2. The van der Waals surface area contributed by atoms with Crippen LogP contribution in [-0.2, 0) is 19.2 Å². The summed E-state index contributed by atoms with van der Waals surface area (Å²) in [6.07, 6.45) is 0.996. The Morgan fingerprint density at radius 3 is 2.18 bits per heavy atom.